The Morgan fingerprint density at radius 3 is 2.52 bits per heavy atom. The van der Waals surface area contributed by atoms with Gasteiger partial charge in [0.2, 0.25) is 0 Å². The molecule has 5 heteroatoms. The first-order valence-corrected chi connectivity index (χ1v) is 7.87. The predicted octanol–water partition coefficient (Wildman–Crippen LogP) is 3.09. The molecule has 0 aliphatic carbocycles. The lowest BCUT2D eigenvalue weighted by atomic mass is 9.97. The lowest BCUT2D eigenvalue weighted by molar-refractivity contribution is 0.0199. The smallest absolute Gasteiger partial charge is 0.410 e. The molecular formula is C18H24N2O3. The van der Waals surface area contributed by atoms with Crippen molar-refractivity contribution in [2.75, 3.05) is 20.2 Å². The third-order valence-corrected chi connectivity index (χ3v) is 3.52. The van der Waals surface area contributed by atoms with Gasteiger partial charge < -0.3 is 14.4 Å². The van der Waals surface area contributed by atoms with Gasteiger partial charge in [-0.2, -0.15) is 0 Å². The normalized spacial score (nSPS) is 15.6. The number of nitrogens with zero attached hydrogens (tertiary/aromatic N) is 2. The van der Waals surface area contributed by atoms with Crippen LogP contribution < -0.4 is 4.74 Å². The third kappa shape index (κ3) is 5.48. The van der Waals surface area contributed by atoms with Gasteiger partial charge in [0, 0.05) is 19.0 Å². The van der Waals surface area contributed by atoms with E-state index in [9.17, 15) is 4.79 Å². The second kappa shape index (κ2) is 7.36. The predicted molar refractivity (Wildman–Crippen MR) is 88.2 cm³/mol. The van der Waals surface area contributed by atoms with E-state index < -0.39 is 5.60 Å². The highest BCUT2D eigenvalue weighted by Crippen LogP contribution is 2.19. The summed E-state index contributed by atoms with van der Waals surface area (Å²) in [7, 11) is 1.61. The van der Waals surface area contributed by atoms with E-state index in [0.29, 0.717) is 13.1 Å². The maximum absolute atomic E-state index is 12.0. The third-order valence-electron chi connectivity index (χ3n) is 3.52. The molecule has 1 aliphatic rings. The van der Waals surface area contributed by atoms with Crippen molar-refractivity contribution in [2.24, 2.45) is 5.92 Å². The molecule has 2 rings (SSSR count). The number of carbonyl (C=O) groups is 1. The molecule has 0 N–H and O–H groups in total. The second-order valence-electron chi connectivity index (χ2n) is 6.59. The standard InChI is InChI=1S/C18H24N2O3/c1-18(2,3)23-17(21)20-11-9-14(10-12-20)5-6-15-7-8-16(22-4)13-19-15/h7-8,13-14H,9-12H2,1-4H3. The summed E-state index contributed by atoms with van der Waals surface area (Å²) >= 11 is 0. The maximum Gasteiger partial charge on any atom is 0.410 e. The lowest BCUT2D eigenvalue weighted by Gasteiger charge is -2.31. The molecule has 0 unspecified atom stereocenters. The minimum Gasteiger partial charge on any atom is -0.495 e. The number of likely N-dealkylation sites (tertiary alicyclic amines) is 1. The molecule has 23 heavy (non-hydrogen) atoms. The average molecular weight is 316 g/mol. The van der Waals surface area contributed by atoms with E-state index in [2.05, 4.69) is 16.8 Å². The zero-order valence-corrected chi connectivity index (χ0v) is 14.3. The van der Waals surface area contributed by atoms with Crippen LogP contribution in [0.2, 0.25) is 0 Å². The molecule has 0 spiro atoms. The summed E-state index contributed by atoms with van der Waals surface area (Å²) in [6.45, 7) is 7.01. The fourth-order valence-electron chi connectivity index (χ4n) is 2.28. The van der Waals surface area contributed by atoms with E-state index >= 15 is 0 Å². The Morgan fingerprint density at radius 2 is 2.00 bits per heavy atom. The number of rotatable bonds is 1. The topological polar surface area (TPSA) is 51.7 Å². The van der Waals surface area contributed by atoms with Crippen molar-refractivity contribution in [3.8, 4) is 17.6 Å². The summed E-state index contributed by atoms with van der Waals surface area (Å²) in [4.78, 5) is 18.0. The number of hydrogen-bond acceptors (Lipinski definition) is 4. The lowest BCUT2D eigenvalue weighted by Crippen LogP contribution is -2.41. The number of aromatic nitrogens is 1. The molecule has 0 saturated carbocycles. The van der Waals surface area contributed by atoms with Crippen LogP contribution in [-0.2, 0) is 4.74 Å². The Balaban J connectivity index is 1.85. The van der Waals surface area contributed by atoms with Crippen LogP contribution in [0.5, 0.6) is 5.75 Å². The number of carbonyl (C=O) groups excluding carboxylic acids is 1. The Labute approximate surface area is 138 Å². The summed E-state index contributed by atoms with van der Waals surface area (Å²) in [6.07, 6.45) is 3.15. The Bertz CT molecular complexity index is 585. The fourth-order valence-corrected chi connectivity index (χ4v) is 2.28. The zero-order valence-electron chi connectivity index (χ0n) is 14.3. The van der Waals surface area contributed by atoms with Crippen molar-refractivity contribution < 1.29 is 14.3 Å². The van der Waals surface area contributed by atoms with E-state index in [0.717, 1.165) is 24.3 Å². The minimum atomic E-state index is -0.451. The van der Waals surface area contributed by atoms with Crippen molar-refractivity contribution in [1.82, 2.24) is 9.88 Å². The monoisotopic (exact) mass is 316 g/mol. The Hall–Kier alpha value is -2.22. The molecule has 0 atom stereocenters. The first-order chi connectivity index (χ1) is 10.9. The van der Waals surface area contributed by atoms with Gasteiger partial charge in [-0.05, 0) is 51.7 Å². The van der Waals surface area contributed by atoms with Gasteiger partial charge in [0.05, 0.1) is 13.3 Å². The van der Waals surface area contributed by atoms with Gasteiger partial charge in [-0.15, -0.1) is 0 Å². The van der Waals surface area contributed by atoms with Gasteiger partial charge in [0.15, 0.2) is 0 Å². The van der Waals surface area contributed by atoms with Crippen molar-refractivity contribution >= 4 is 6.09 Å². The van der Waals surface area contributed by atoms with E-state index in [-0.39, 0.29) is 12.0 Å². The molecule has 1 fully saturated rings. The van der Waals surface area contributed by atoms with Crippen LogP contribution in [0.1, 0.15) is 39.3 Å². The molecule has 0 radical (unpaired) electrons. The molecule has 5 nitrogen and oxygen atoms in total. The van der Waals surface area contributed by atoms with Crippen LogP contribution in [0.4, 0.5) is 4.79 Å². The number of amides is 1. The second-order valence-corrected chi connectivity index (χ2v) is 6.59. The molecule has 2 heterocycles. The van der Waals surface area contributed by atoms with Gasteiger partial charge in [-0.25, -0.2) is 9.78 Å². The summed E-state index contributed by atoms with van der Waals surface area (Å²) < 4.78 is 10.5. The average Bonchev–Trinajstić information content (AvgIpc) is 2.52. The van der Waals surface area contributed by atoms with Crippen LogP contribution in [0.15, 0.2) is 18.3 Å². The fraction of sp³-hybridized carbons (Fsp3) is 0.556. The SMILES string of the molecule is COc1ccc(C#CC2CCN(C(=O)OC(C)(C)C)CC2)nc1. The summed E-state index contributed by atoms with van der Waals surface area (Å²) in [5, 5.41) is 0. The molecular weight excluding hydrogens is 292 g/mol. The Kier molecular flexibility index (Phi) is 5.49. The van der Waals surface area contributed by atoms with Gasteiger partial charge in [0.25, 0.3) is 0 Å². The number of piperidine rings is 1. The molecule has 1 aromatic heterocycles. The van der Waals surface area contributed by atoms with E-state index in [4.69, 9.17) is 9.47 Å². The number of hydrogen-bond donors (Lipinski definition) is 0. The highest BCUT2D eigenvalue weighted by molar-refractivity contribution is 5.68. The molecule has 1 aliphatic heterocycles. The summed E-state index contributed by atoms with van der Waals surface area (Å²) in [5.74, 6) is 7.36. The molecule has 1 aromatic rings. The van der Waals surface area contributed by atoms with Crippen LogP contribution >= 0.6 is 0 Å². The largest absolute Gasteiger partial charge is 0.495 e. The quantitative estimate of drug-likeness (QED) is 0.747. The molecule has 124 valence electrons. The summed E-state index contributed by atoms with van der Waals surface area (Å²) in [5.41, 5.74) is 0.286. The van der Waals surface area contributed by atoms with E-state index in [1.807, 2.05) is 32.9 Å². The van der Waals surface area contributed by atoms with Gasteiger partial charge in [-0.3, -0.25) is 0 Å². The van der Waals surface area contributed by atoms with E-state index in [1.54, 1.807) is 18.2 Å². The van der Waals surface area contributed by atoms with E-state index in [1.165, 1.54) is 0 Å². The van der Waals surface area contributed by atoms with Gasteiger partial charge in [0.1, 0.15) is 17.0 Å². The molecule has 1 amide bonds. The number of ether oxygens (including phenoxy) is 2. The van der Waals surface area contributed by atoms with Crippen molar-refractivity contribution in [1.29, 1.82) is 0 Å². The maximum atomic E-state index is 12.0. The van der Waals surface area contributed by atoms with Crippen molar-refractivity contribution in [3.63, 3.8) is 0 Å². The van der Waals surface area contributed by atoms with Crippen LogP contribution in [0.3, 0.4) is 0 Å². The number of pyridine rings is 1. The Morgan fingerprint density at radius 1 is 1.30 bits per heavy atom. The van der Waals surface area contributed by atoms with Gasteiger partial charge in [-0.1, -0.05) is 5.92 Å². The first kappa shape index (κ1) is 17.1. The highest BCUT2D eigenvalue weighted by atomic mass is 16.6. The van der Waals surface area contributed by atoms with Crippen LogP contribution in [-0.4, -0.2) is 41.8 Å². The molecule has 0 bridgehead atoms. The zero-order chi connectivity index (χ0) is 16.9. The van der Waals surface area contributed by atoms with Crippen molar-refractivity contribution in [2.45, 2.75) is 39.2 Å². The minimum absolute atomic E-state index is 0.235. The number of methoxy groups -OCH3 is 1. The first-order valence-electron chi connectivity index (χ1n) is 7.87. The molecule has 1 saturated heterocycles. The van der Waals surface area contributed by atoms with Crippen LogP contribution in [0.25, 0.3) is 0 Å². The molecule has 0 aromatic carbocycles. The van der Waals surface area contributed by atoms with Gasteiger partial charge >= 0.3 is 6.09 Å². The van der Waals surface area contributed by atoms with Crippen molar-refractivity contribution in [3.05, 3.63) is 24.0 Å². The summed E-state index contributed by atoms with van der Waals surface area (Å²) in [6, 6.07) is 3.70. The highest BCUT2D eigenvalue weighted by Gasteiger charge is 2.26. The van der Waals surface area contributed by atoms with Crippen LogP contribution in [0, 0.1) is 17.8 Å².